The van der Waals surface area contributed by atoms with E-state index in [1.165, 1.54) is 11.1 Å². The van der Waals surface area contributed by atoms with Crippen molar-refractivity contribution in [2.75, 3.05) is 0 Å². The predicted octanol–water partition coefficient (Wildman–Crippen LogP) is -1.33. The van der Waals surface area contributed by atoms with Gasteiger partial charge in [0.25, 0.3) is 0 Å². The average molecular weight is 422 g/mol. The minimum absolute atomic E-state index is 0. The molecule has 0 aromatic carbocycles. The van der Waals surface area contributed by atoms with E-state index in [0.29, 0.717) is 11.8 Å². The summed E-state index contributed by atoms with van der Waals surface area (Å²) in [6, 6.07) is 0. The molecule has 0 heterocycles. The Bertz CT molecular complexity index is 303. The molecule has 104 valence electrons. The summed E-state index contributed by atoms with van der Waals surface area (Å²) >= 11 is 0. The van der Waals surface area contributed by atoms with Gasteiger partial charge < -0.3 is 34.0 Å². The molecule has 2 aliphatic carbocycles. The summed E-state index contributed by atoms with van der Waals surface area (Å²) in [5.41, 5.74) is 2.73. The van der Waals surface area contributed by atoms with Gasteiger partial charge in [0.1, 0.15) is 0 Å². The number of halogens is 2. The Morgan fingerprint density at radius 3 is 1.21 bits per heavy atom. The van der Waals surface area contributed by atoms with E-state index < -0.39 is 0 Å². The molecule has 0 aromatic rings. The van der Waals surface area contributed by atoms with Crippen LogP contribution in [0.1, 0.15) is 40.5 Å². The van der Waals surface area contributed by atoms with Gasteiger partial charge in [-0.05, 0) is 0 Å². The maximum atomic E-state index is 3.26. The third kappa shape index (κ3) is 10.1. The van der Waals surface area contributed by atoms with Crippen LogP contribution in [0.2, 0.25) is 0 Å². The summed E-state index contributed by atoms with van der Waals surface area (Å²) < 4.78 is 0. The van der Waals surface area contributed by atoms with Gasteiger partial charge in [-0.1, -0.05) is 39.5 Å². The Labute approximate surface area is 154 Å². The van der Waals surface area contributed by atoms with Crippen LogP contribution in [-0.4, -0.2) is 0 Å². The zero-order chi connectivity index (χ0) is 12.0. The third-order valence-electron chi connectivity index (χ3n) is 2.69. The first-order valence-corrected chi connectivity index (χ1v) is 6.15. The second-order valence-electron chi connectivity index (χ2n) is 4.79. The molecule has 0 N–H and O–H groups in total. The molecule has 0 fully saturated rings. The summed E-state index contributed by atoms with van der Waals surface area (Å²) in [4.78, 5) is 0. The van der Waals surface area contributed by atoms with Crippen molar-refractivity contribution >= 4 is 0 Å². The fourth-order valence-electron chi connectivity index (χ4n) is 1.64. The molecule has 0 aromatic heterocycles. The second kappa shape index (κ2) is 13.6. The number of hydrogen-bond donors (Lipinski definition) is 0. The molecular formula is C16H22Br2Ti. The summed E-state index contributed by atoms with van der Waals surface area (Å²) in [6.07, 6.45) is 17.2. The average Bonchev–Trinajstić information content (AvgIpc) is 2.93. The zero-order valence-electron chi connectivity index (χ0n) is 12.1. The van der Waals surface area contributed by atoms with Crippen molar-refractivity contribution < 1.29 is 55.7 Å². The molecule has 0 spiro atoms. The van der Waals surface area contributed by atoms with Crippen LogP contribution < -0.4 is 34.0 Å². The molecule has 0 saturated carbocycles. The minimum Gasteiger partial charge on any atom is -1.00 e. The number of hydrogen-bond acceptors (Lipinski definition) is 0. The Balaban J connectivity index is -0.000000233. The molecule has 0 amide bonds. The van der Waals surface area contributed by atoms with Crippen molar-refractivity contribution in [1.82, 2.24) is 0 Å². The molecular weight excluding hydrogens is 400 g/mol. The van der Waals surface area contributed by atoms with E-state index in [2.05, 4.69) is 64.2 Å². The van der Waals surface area contributed by atoms with E-state index in [4.69, 9.17) is 0 Å². The maximum absolute atomic E-state index is 3.26. The quantitative estimate of drug-likeness (QED) is 0.383. The van der Waals surface area contributed by atoms with Gasteiger partial charge >= 0.3 is 21.7 Å². The summed E-state index contributed by atoms with van der Waals surface area (Å²) in [5, 5.41) is 0. The first-order valence-electron chi connectivity index (χ1n) is 6.15. The van der Waals surface area contributed by atoms with E-state index >= 15 is 0 Å². The summed E-state index contributed by atoms with van der Waals surface area (Å²) in [7, 11) is 0. The topological polar surface area (TPSA) is 0 Å². The number of rotatable bonds is 2. The molecule has 3 heteroatoms. The van der Waals surface area contributed by atoms with Crippen molar-refractivity contribution in [2.45, 2.75) is 40.5 Å². The van der Waals surface area contributed by atoms with Gasteiger partial charge in [0.15, 0.2) is 0 Å². The molecule has 0 saturated heterocycles. The van der Waals surface area contributed by atoms with E-state index in [1.54, 1.807) is 0 Å². The SMILES string of the molecule is CC(C)C1=[C-]CC=C1.CC(C)C1=[C-]CC=C1.[Br-].[Br-].[Ti+4]. The van der Waals surface area contributed by atoms with E-state index in [-0.39, 0.29) is 55.7 Å². The van der Waals surface area contributed by atoms with Crippen LogP contribution in [0.5, 0.6) is 0 Å². The van der Waals surface area contributed by atoms with Gasteiger partial charge in [-0.15, -0.1) is 12.8 Å². The van der Waals surface area contributed by atoms with Crippen LogP contribution in [0.15, 0.2) is 35.5 Å². The molecule has 2 rings (SSSR count). The molecule has 0 radical (unpaired) electrons. The Morgan fingerprint density at radius 2 is 1.11 bits per heavy atom. The fourth-order valence-corrected chi connectivity index (χ4v) is 1.64. The van der Waals surface area contributed by atoms with Crippen LogP contribution in [0.3, 0.4) is 0 Å². The van der Waals surface area contributed by atoms with Gasteiger partial charge in [0.05, 0.1) is 0 Å². The monoisotopic (exact) mass is 420 g/mol. The van der Waals surface area contributed by atoms with Gasteiger partial charge in [0, 0.05) is 0 Å². The standard InChI is InChI=1S/2C8H11.2BrH.Ti/c2*1-7(2)8-5-3-4-6-8;;;/h2*3,5,7H,4H2,1-2H3;2*1H;/q2*-1;;;+4/p-2. The smallest absolute Gasteiger partial charge is 1.00 e. The molecule has 0 aliphatic heterocycles. The van der Waals surface area contributed by atoms with Crippen molar-refractivity contribution in [3.8, 4) is 0 Å². The fraction of sp³-hybridized carbons (Fsp3) is 0.500. The van der Waals surface area contributed by atoms with Gasteiger partial charge in [-0.3, -0.25) is 12.2 Å². The van der Waals surface area contributed by atoms with E-state index in [1.807, 2.05) is 0 Å². The van der Waals surface area contributed by atoms with Crippen LogP contribution >= 0.6 is 0 Å². The van der Waals surface area contributed by atoms with Gasteiger partial charge in [0.2, 0.25) is 0 Å². The molecule has 2 aliphatic rings. The first-order chi connectivity index (χ1) is 7.61. The summed E-state index contributed by atoms with van der Waals surface area (Å²) in [6.45, 7) is 8.77. The van der Waals surface area contributed by atoms with Crippen molar-refractivity contribution in [3.05, 3.63) is 47.6 Å². The predicted molar refractivity (Wildman–Crippen MR) is 70.7 cm³/mol. The Hall–Kier alpha value is 0.634. The Kier molecular flexibility index (Phi) is 17.6. The maximum Gasteiger partial charge on any atom is 4.00 e. The van der Waals surface area contributed by atoms with E-state index in [0.717, 1.165) is 12.8 Å². The first kappa shape index (κ1) is 24.6. The Morgan fingerprint density at radius 1 is 0.789 bits per heavy atom. The van der Waals surface area contributed by atoms with Crippen molar-refractivity contribution in [1.29, 1.82) is 0 Å². The van der Waals surface area contributed by atoms with Gasteiger partial charge in [-0.25, -0.2) is 23.3 Å². The van der Waals surface area contributed by atoms with Crippen LogP contribution in [-0.2, 0) is 21.7 Å². The van der Waals surface area contributed by atoms with E-state index in [9.17, 15) is 0 Å². The molecule has 0 bridgehead atoms. The zero-order valence-corrected chi connectivity index (χ0v) is 16.9. The third-order valence-corrected chi connectivity index (χ3v) is 2.69. The molecule has 0 atom stereocenters. The van der Waals surface area contributed by atoms with Crippen molar-refractivity contribution in [3.63, 3.8) is 0 Å². The minimum atomic E-state index is 0. The normalized spacial score (nSPS) is 14.8. The van der Waals surface area contributed by atoms with Crippen molar-refractivity contribution in [2.24, 2.45) is 11.8 Å². The summed E-state index contributed by atoms with van der Waals surface area (Å²) in [5.74, 6) is 1.32. The van der Waals surface area contributed by atoms with Gasteiger partial charge in [-0.2, -0.15) is 12.2 Å². The van der Waals surface area contributed by atoms with Crippen LogP contribution in [0, 0.1) is 24.0 Å². The largest absolute Gasteiger partial charge is 4.00 e. The second-order valence-corrected chi connectivity index (χ2v) is 4.79. The number of allylic oxidation sites excluding steroid dienone is 8. The van der Waals surface area contributed by atoms with Crippen LogP contribution in [0.4, 0.5) is 0 Å². The molecule has 0 nitrogen and oxygen atoms in total. The molecule has 0 unspecified atom stereocenters. The molecule has 19 heavy (non-hydrogen) atoms. The van der Waals surface area contributed by atoms with Crippen LogP contribution in [0.25, 0.3) is 0 Å².